The molecule has 73 heavy (non-hydrogen) atoms. The SMILES string of the molecule is CNCC(=O)NC(C(=O)N1Cc2ccc(NC(=O)CC(=O)NCCCC3(C)CN(C(=O)CN4CCN[C@H](C)C4)c4cc(Cc5ccc(F)cc5)ccc43)cc2[C@H]1C(=O)Nc1c(F)cccc1F)C1CCOCC1. The maximum absolute atomic E-state index is 14.9. The minimum atomic E-state index is -1.43. The summed E-state index contributed by atoms with van der Waals surface area (Å²) in [4.78, 5) is 87.6. The third-order valence-electron chi connectivity index (χ3n) is 14.3. The molecular weight excluding hydrogens is 944 g/mol. The maximum Gasteiger partial charge on any atom is 0.252 e. The zero-order chi connectivity index (χ0) is 51.8. The number of carbonyl (C=O) groups excluding carboxylic acids is 6. The number of para-hydroxylation sites is 1. The second kappa shape index (κ2) is 23.5. The van der Waals surface area contributed by atoms with Gasteiger partial charge in [0.1, 0.15) is 41.6 Å². The molecule has 4 aromatic rings. The first-order chi connectivity index (χ1) is 35.1. The van der Waals surface area contributed by atoms with Gasteiger partial charge in [-0.2, -0.15) is 0 Å². The number of nitrogens with one attached hydrogen (secondary N) is 6. The van der Waals surface area contributed by atoms with Gasteiger partial charge < -0.3 is 46.4 Å². The first-order valence-corrected chi connectivity index (χ1v) is 25.0. The fraction of sp³-hybridized carbons (Fsp3) is 0.444. The molecule has 2 saturated heterocycles. The Morgan fingerprint density at radius 2 is 1.62 bits per heavy atom. The molecule has 0 aliphatic carbocycles. The lowest BCUT2D eigenvalue weighted by molar-refractivity contribution is -0.144. The molecule has 8 rings (SSSR count). The van der Waals surface area contributed by atoms with Crippen molar-refractivity contribution < 1.29 is 46.7 Å². The van der Waals surface area contributed by atoms with E-state index in [0.29, 0.717) is 57.4 Å². The number of hydrogen-bond acceptors (Lipinski definition) is 10. The van der Waals surface area contributed by atoms with E-state index in [4.69, 9.17) is 4.74 Å². The van der Waals surface area contributed by atoms with E-state index >= 15 is 0 Å². The highest BCUT2D eigenvalue weighted by molar-refractivity contribution is 6.04. The summed E-state index contributed by atoms with van der Waals surface area (Å²) in [5, 5.41) is 16.9. The van der Waals surface area contributed by atoms with E-state index in [9.17, 15) is 41.9 Å². The Morgan fingerprint density at radius 3 is 2.34 bits per heavy atom. The van der Waals surface area contributed by atoms with E-state index in [1.807, 2.05) is 11.0 Å². The summed E-state index contributed by atoms with van der Waals surface area (Å²) in [6, 6.07) is 18.2. The molecule has 16 nitrogen and oxygen atoms in total. The van der Waals surface area contributed by atoms with Gasteiger partial charge in [-0.3, -0.25) is 33.7 Å². The second-order valence-corrected chi connectivity index (χ2v) is 19.9. The van der Waals surface area contributed by atoms with Crippen molar-refractivity contribution in [3.8, 4) is 0 Å². The van der Waals surface area contributed by atoms with Crippen LogP contribution in [0.5, 0.6) is 0 Å². The number of nitrogens with zero attached hydrogens (tertiary/aromatic N) is 3. The third-order valence-corrected chi connectivity index (χ3v) is 14.3. The molecule has 0 saturated carbocycles. The van der Waals surface area contributed by atoms with E-state index < -0.39 is 70.8 Å². The number of halogens is 3. The van der Waals surface area contributed by atoms with Crippen molar-refractivity contribution in [3.63, 3.8) is 0 Å². The zero-order valence-corrected chi connectivity index (χ0v) is 41.5. The number of ether oxygens (including phenoxy) is 1. The maximum atomic E-state index is 14.9. The van der Waals surface area contributed by atoms with Crippen LogP contribution in [0.2, 0.25) is 0 Å². The van der Waals surface area contributed by atoms with Crippen molar-refractivity contribution in [1.29, 1.82) is 0 Å². The summed E-state index contributed by atoms with van der Waals surface area (Å²) in [5.74, 6) is -5.77. The average Bonchev–Trinajstić information content (AvgIpc) is 3.89. The van der Waals surface area contributed by atoms with Crippen molar-refractivity contribution in [2.75, 3.05) is 81.6 Å². The zero-order valence-electron chi connectivity index (χ0n) is 41.5. The van der Waals surface area contributed by atoms with Gasteiger partial charge in [0.05, 0.1) is 13.1 Å². The molecule has 4 aromatic carbocycles. The molecule has 0 aromatic heterocycles. The molecule has 4 heterocycles. The number of benzene rings is 4. The van der Waals surface area contributed by atoms with Crippen molar-refractivity contribution in [3.05, 3.63) is 124 Å². The van der Waals surface area contributed by atoms with E-state index in [1.165, 1.54) is 23.1 Å². The lowest BCUT2D eigenvalue weighted by atomic mass is 9.80. The number of anilines is 3. The largest absolute Gasteiger partial charge is 0.381 e. The Balaban J connectivity index is 0.917. The monoisotopic (exact) mass is 1010 g/mol. The van der Waals surface area contributed by atoms with E-state index in [0.717, 1.165) is 60.2 Å². The van der Waals surface area contributed by atoms with Crippen molar-refractivity contribution in [2.45, 2.75) is 82.5 Å². The van der Waals surface area contributed by atoms with Gasteiger partial charge in [-0.25, -0.2) is 13.2 Å². The first-order valence-electron chi connectivity index (χ1n) is 25.0. The van der Waals surface area contributed by atoms with Gasteiger partial charge in [0.15, 0.2) is 0 Å². The molecule has 6 N–H and O–H groups in total. The van der Waals surface area contributed by atoms with Gasteiger partial charge in [-0.1, -0.05) is 43.3 Å². The van der Waals surface area contributed by atoms with E-state index in [1.54, 1.807) is 31.3 Å². The molecule has 2 unspecified atom stereocenters. The first kappa shape index (κ1) is 52.6. The number of likely N-dealkylation sites (N-methyl/N-ethyl adjacent to an activating group) is 1. The fourth-order valence-corrected chi connectivity index (χ4v) is 10.6. The molecule has 2 fully saturated rings. The van der Waals surface area contributed by atoms with Crippen LogP contribution in [0, 0.1) is 23.4 Å². The molecular formula is C54H64F3N9O7. The summed E-state index contributed by atoms with van der Waals surface area (Å²) in [7, 11) is 1.59. The Kier molecular flexibility index (Phi) is 16.9. The predicted molar refractivity (Wildman–Crippen MR) is 269 cm³/mol. The third kappa shape index (κ3) is 12.8. The number of piperazine rings is 1. The average molecular weight is 1010 g/mol. The van der Waals surface area contributed by atoms with Crippen LogP contribution >= 0.6 is 0 Å². The number of rotatable bonds is 18. The van der Waals surface area contributed by atoms with Gasteiger partial charge >= 0.3 is 0 Å². The van der Waals surface area contributed by atoms with Crippen LogP contribution in [0.3, 0.4) is 0 Å². The topological polar surface area (TPSA) is 194 Å². The summed E-state index contributed by atoms with van der Waals surface area (Å²) >= 11 is 0. The standard InChI is InChI=1S/C54H64F3N9O7/c1-33-29-64(21-20-59-33)31-48(70)66-32-54(2,41-15-10-35(25-44(41)66)24-34-8-12-38(55)13-9-34)18-5-19-60-45(67)27-46(68)61-39-14-11-37-30-65(53(72)49(62-47(69)28-58-3)36-16-22-73-23-17-36)51(40(37)26-39)52(71)63-50-42(56)6-4-7-43(50)57/h4,6-15,25-26,33,36,49,51,58-59H,5,16-24,27-32H2,1-3H3,(H,60,67)(H,61,68)(H,62,69)(H,63,71)/t33-,49?,51+,54?/m1/s1. The lowest BCUT2D eigenvalue weighted by Gasteiger charge is -2.34. The Hall–Kier alpha value is -6.67. The van der Waals surface area contributed by atoms with Gasteiger partial charge in [-0.15, -0.1) is 0 Å². The molecule has 0 bridgehead atoms. The Morgan fingerprint density at radius 1 is 0.877 bits per heavy atom. The van der Waals surface area contributed by atoms with Gasteiger partial charge in [0, 0.05) is 75.3 Å². The normalized spacial score (nSPS) is 20.2. The van der Waals surface area contributed by atoms with Crippen molar-refractivity contribution in [2.24, 2.45) is 5.92 Å². The lowest BCUT2D eigenvalue weighted by Crippen LogP contribution is -2.55. The highest BCUT2D eigenvalue weighted by atomic mass is 19.1. The summed E-state index contributed by atoms with van der Waals surface area (Å²) in [5.41, 5.74) is 3.70. The minimum absolute atomic E-state index is 0.00762. The van der Waals surface area contributed by atoms with Crippen molar-refractivity contribution >= 4 is 52.5 Å². The van der Waals surface area contributed by atoms with Gasteiger partial charge in [-0.05, 0) is 122 Å². The van der Waals surface area contributed by atoms with Crippen LogP contribution in [0.15, 0.2) is 78.9 Å². The molecule has 19 heteroatoms. The fourth-order valence-electron chi connectivity index (χ4n) is 10.6. The molecule has 4 atom stereocenters. The smallest absolute Gasteiger partial charge is 0.252 e. The van der Waals surface area contributed by atoms with E-state index in [2.05, 4.69) is 62.8 Å². The number of hydrogen-bond donors (Lipinski definition) is 6. The molecule has 4 aliphatic rings. The molecule has 388 valence electrons. The second-order valence-electron chi connectivity index (χ2n) is 19.9. The van der Waals surface area contributed by atoms with Crippen LogP contribution in [-0.4, -0.2) is 123 Å². The Labute approximate surface area is 423 Å². The number of fused-ring (bicyclic) bond motifs is 2. The van der Waals surface area contributed by atoms with Crippen LogP contribution in [0.1, 0.15) is 79.8 Å². The minimum Gasteiger partial charge on any atom is -0.381 e. The van der Waals surface area contributed by atoms with Crippen LogP contribution in [0.4, 0.5) is 30.2 Å². The van der Waals surface area contributed by atoms with Crippen LogP contribution in [0.25, 0.3) is 0 Å². The number of carbonyl (C=O) groups is 6. The van der Waals surface area contributed by atoms with Crippen LogP contribution < -0.4 is 36.8 Å². The highest BCUT2D eigenvalue weighted by Gasteiger charge is 2.45. The predicted octanol–water partition coefficient (Wildman–Crippen LogP) is 4.67. The number of amides is 6. The molecule has 6 amide bonds. The summed E-state index contributed by atoms with van der Waals surface area (Å²) in [6.45, 7) is 8.14. The molecule has 0 radical (unpaired) electrons. The molecule has 4 aliphatic heterocycles. The van der Waals surface area contributed by atoms with Gasteiger partial charge in [0.2, 0.25) is 29.5 Å². The van der Waals surface area contributed by atoms with E-state index in [-0.39, 0.29) is 61.1 Å². The van der Waals surface area contributed by atoms with Crippen molar-refractivity contribution in [1.82, 2.24) is 31.1 Å². The quantitative estimate of drug-likeness (QED) is 0.0603. The Bertz CT molecular complexity index is 2680. The summed E-state index contributed by atoms with van der Waals surface area (Å²) < 4.78 is 48.9. The highest BCUT2D eigenvalue weighted by Crippen LogP contribution is 2.45. The summed E-state index contributed by atoms with van der Waals surface area (Å²) in [6.07, 6.45) is 2.15. The van der Waals surface area contributed by atoms with Gasteiger partial charge in [0.25, 0.3) is 5.91 Å². The van der Waals surface area contributed by atoms with Crippen LogP contribution in [-0.2, 0) is 51.9 Å². The molecule has 0 spiro atoms.